The third-order valence-electron chi connectivity index (χ3n) is 4.80. The highest BCUT2D eigenvalue weighted by Gasteiger charge is 2.25. The van der Waals surface area contributed by atoms with Crippen LogP contribution < -0.4 is 10.6 Å². The van der Waals surface area contributed by atoms with Gasteiger partial charge in [0.1, 0.15) is 0 Å². The van der Waals surface area contributed by atoms with E-state index in [1.807, 2.05) is 30.3 Å². The number of hydrogen-bond donors (Lipinski definition) is 2. The van der Waals surface area contributed by atoms with Crippen LogP contribution in [-0.4, -0.2) is 36.8 Å². The molecule has 1 aliphatic heterocycles. The number of piperidine rings is 1. The largest absolute Gasteiger partial charge is 0.332 e. The third-order valence-corrected chi connectivity index (χ3v) is 6.92. The smallest absolute Gasteiger partial charge is 0.243 e. The maximum Gasteiger partial charge on any atom is 0.243 e. The number of nitrogens with one attached hydrogen (secondary N) is 2. The van der Waals surface area contributed by atoms with Crippen molar-refractivity contribution in [3.05, 3.63) is 60.2 Å². The first-order valence-corrected chi connectivity index (χ1v) is 11.5. The molecule has 0 saturated carbocycles. The van der Waals surface area contributed by atoms with Crippen LogP contribution in [0.1, 0.15) is 31.2 Å². The van der Waals surface area contributed by atoms with Crippen LogP contribution in [-0.2, 0) is 21.2 Å². The summed E-state index contributed by atoms with van der Waals surface area (Å²) in [6.07, 6.45) is 3.84. The molecule has 29 heavy (non-hydrogen) atoms. The van der Waals surface area contributed by atoms with Crippen molar-refractivity contribution in [1.29, 1.82) is 0 Å². The normalized spacial score (nSPS) is 14.9. The lowest BCUT2D eigenvalue weighted by molar-refractivity contribution is -0.119. The molecule has 0 unspecified atom stereocenters. The van der Waals surface area contributed by atoms with E-state index in [-0.39, 0.29) is 15.9 Å². The number of thiocarbonyl (C=S) groups is 1. The summed E-state index contributed by atoms with van der Waals surface area (Å²) in [6.45, 7) is 1.14. The molecule has 6 nitrogen and oxygen atoms in total. The van der Waals surface area contributed by atoms with Crippen LogP contribution in [0.3, 0.4) is 0 Å². The standard InChI is InChI=1S/C21H25N3O3S2/c25-20(14-9-17-7-3-1-4-8-17)23-21(28)22-18-10-12-19(13-11-18)29(26,27)24-15-5-2-6-16-24/h1,3-4,7-8,10-13H,2,5-6,9,14-16H2,(H2,22,23,25,28). The van der Waals surface area contributed by atoms with Gasteiger partial charge in [0, 0.05) is 25.2 Å². The molecule has 1 aliphatic rings. The summed E-state index contributed by atoms with van der Waals surface area (Å²) in [5.41, 5.74) is 1.71. The van der Waals surface area contributed by atoms with E-state index in [1.165, 1.54) is 4.31 Å². The zero-order valence-electron chi connectivity index (χ0n) is 16.1. The van der Waals surface area contributed by atoms with Crippen molar-refractivity contribution in [2.75, 3.05) is 18.4 Å². The van der Waals surface area contributed by atoms with Gasteiger partial charge in [0.2, 0.25) is 15.9 Å². The number of sulfonamides is 1. The second-order valence-corrected chi connectivity index (χ2v) is 9.32. The molecule has 2 aromatic carbocycles. The molecule has 2 aromatic rings. The molecule has 3 rings (SSSR count). The Bertz CT molecular complexity index is 939. The van der Waals surface area contributed by atoms with Crippen LogP contribution in [0.4, 0.5) is 5.69 Å². The van der Waals surface area contributed by atoms with E-state index in [1.54, 1.807) is 24.3 Å². The number of amides is 1. The summed E-state index contributed by atoms with van der Waals surface area (Å²) in [4.78, 5) is 12.3. The van der Waals surface area contributed by atoms with E-state index < -0.39 is 10.0 Å². The highest BCUT2D eigenvalue weighted by atomic mass is 32.2. The number of carbonyl (C=O) groups is 1. The topological polar surface area (TPSA) is 78.5 Å². The summed E-state index contributed by atoms with van der Waals surface area (Å²) in [7, 11) is -3.46. The van der Waals surface area contributed by atoms with Crippen LogP contribution in [0.25, 0.3) is 0 Å². The predicted molar refractivity (Wildman–Crippen MR) is 118 cm³/mol. The van der Waals surface area contributed by atoms with E-state index in [4.69, 9.17) is 12.2 Å². The number of hydrogen-bond acceptors (Lipinski definition) is 4. The Kier molecular flexibility index (Phi) is 7.35. The van der Waals surface area contributed by atoms with E-state index in [0.717, 1.165) is 24.8 Å². The molecule has 0 spiro atoms. The van der Waals surface area contributed by atoms with Gasteiger partial charge in [-0.3, -0.25) is 4.79 Å². The molecular formula is C21H25N3O3S2. The fourth-order valence-electron chi connectivity index (χ4n) is 3.22. The van der Waals surface area contributed by atoms with Crippen molar-refractivity contribution < 1.29 is 13.2 Å². The van der Waals surface area contributed by atoms with Crippen LogP contribution in [0.5, 0.6) is 0 Å². The second-order valence-electron chi connectivity index (χ2n) is 6.98. The monoisotopic (exact) mass is 431 g/mol. The number of benzene rings is 2. The van der Waals surface area contributed by atoms with Gasteiger partial charge in [-0.25, -0.2) is 8.42 Å². The van der Waals surface area contributed by atoms with Gasteiger partial charge >= 0.3 is 0 Å². The van der Waals surface area contributed by atoms with Crippen molar-refractivity contribution >= 4 is 38.9 Å². The van der Waals surface area contributed by atoms with Crippen molar-refractivity contribution in [2.24, 2.45) is 0 Å². The van der Waals surface area contributed by atoms with Crippen LogP contribution in [0.15, 0.2) is 59.5 Å². The van der Waals surface area contributed by atoms with Crippen molar-refractivity contribution in [3.8, 4) is 0 Å². The minimum atomic E-state index is -3.46. The number of rotatable bonds is 6. The average Bonchev–Trinajstić information content (AvgIpc) is 2.74. The zero-order valence-corrected chi connectivity index (χ0v) is 17.8. The number of carbonyl (C=O) groups excluding carboxylic acids is 1. The Morgan fingerprint density at radius 1 is 0.966 bits per heavy atom. The molecule has 0 aromatic heterocycles. The molecule has 0 radical (unpaired) electrons. The van der Waals surface area contributed by atoms with Gasteiger partial charge in [0.05, 0.1) is 4.90 Å². The average molecular weight is 432 g/mol. The quantitative estimate of drug-likeness (QED) is 0.686. The minimum absolute atomic E-state index is 0.171. The molecule has 1 saturated heterocycles. The summed E-state index contributed by atoms with van der Waals surface area (Å²) >= 11 is 5.18. The van der Waals surface area contributed by atoms with Crippen LogP contribution in [0, 0.1) is 0 Å². The maximum atomic E-state index is 12.7. The molecule has 1 fully saturated rings. The van der Waals surface area contributed by atoms with Crippen LogP contribution >= 0.6 is 12.2 Å². The van der Waals surface area contributed by atoms with Gasteiger partial charge in [-0.05, 0) is 61.3 Å². The third kappa shape index (κ3) is 6.09. The lowest BCUT2D eigenvalue weighted by atomic mass is 10.1. The Morgan fingerprint density at radius 2 is 1.62 bits per heavy atom. The Hall–Kier alpha value is -2.29. The molecule has 2 N–H and O–H groups in total. The Morgan fingerprint density at radius 3 is 2.28 bits per heavy atom. The molecular weight excluding hydrogens is 406 g/mol. The van der Waals surface area contributed by atoms with Gasteiger partial charge in [0.15, 0.2) is 5.11 Å². The second kappa shape index (κ2) is 9.96. The molecule has 1 amide bonds. The predicted octanol–water partition coefficient (Wildman–Crippen LogP) is 3.31. The molecule has 8 heteroatoms. The molecule has 0 aliphatic carbocycles. The highest BCUT2D eigenvalue weighted by Crippen LogP contribution is 2.22. The summed E-state index contributed by atoms with van der Waals surface area (Å²) in [5, 5.41) is 5.76. The highest BCUT2D eigenvalue weighted by molar-refractivity contribution is 7.89. The summed E-state index contributed by atoms with van der Waals surface area (Å²) in [5.74, 6) is -0.171. The Labute approximate surface area is 177 Å². The van der Waals surface area contributed by atoms with Gasteiger partial charge in [-0.15, -0.1) is 0 Å². The summed E-state index contributed by atoms with van der Waals surface area (Å²) in [6, 6.07) is 16.2. The van der Waals surface area contributed by atoms with Crippen LogP contribution in [0.2, 0.25) is 0 Å². The first-order valence-electron chi connectivity index (χ1n) is 9.70. The first-order chi connectivity index (χ1) is 13.9. The SMILES string of the molecule is O=C(CCc1ccccc1)NC(=S)Nc1ccc(S(=O)(=O)N2CCCCC2)cc1. The van der Waals surface area contributed by atoms with E-state index in [2.05, 4.69) is 10.6 Å². The van der Waals surface area contributed by atoms with Gasteiger partial charge in [-0.1, -0.05) is 36.8 Å². The van der Waals surface area contributed by atoms with E-state index in [9.17, 15) is 13.2 Å². The molecule has 0 bridgehead atoms. The van der Waals surface area contributed by atoms with Gasteiger partial charge in [0.25, 0.3) is 0 Å². The molecule has 0 atom stereocenters. The molecule has 1 heterocycles. The number of nitrogens with zero attached hydrogens (tertiary/aromatic N) is 1. The van der Waals surface area contributed by atoms with Gasteiger partial charge in [-0.2, -0.15) is 4.31 Å². The summed E-state index contributed by atoms with van der Waals surface area (Å²) < 4.78 is 26.9. The maximum absolute atomic E-state index is 12.7. The zero-order chi connectivity index (χ0) is 20.7. The van der Waals surface area contributed by atoms with Crippen molar-refractivity contribution in [2.45, 2.75) is 37.0 Å². The van der Waals surface area contributed by atoms with E-state index in [0.29, 0.717) is 31.6 Å². The number of anilines is 1. The fourth-order valence-corrected chi connectivity index (χ4v) is 4.97. The van der Waals surface area contributed by atoms with Crippen molar-refractivity contribution in [1.82, 2.24) is 9.62 Å². The first kappa shape index (κ1) is 21.4. The fraction of sp³-hybridized carbons (Fsp3) is 0.333. The van der Waals surface area contributed by atoms with Crippen molar-refractivity contribution in [3.63, 3.8) is 0 Å². The Balaban J connectivity index is 1.51. The number of aryl methyl sites for hydroxylation is 1. The van der Waals surface area contributed by atoms with Gasteiger partial charge < -0.3 is 10.6 Å². The van der Waals surface area contributed by atoms with E-state index >= 15 is 0 Å². The lowest BCUT2D eigenvalue weighted by Gasteiger charge is -2.25. The lowest BCUT2D eigenvalue weighted by Crippen LogP contribution is -2.35. The minimum Gasteiger partial charge on any atom is -0.332 e. The molecule has 154 valence electrons.